The van der Waals surface area contributed by atoms with Gasteiger partial charge in [0.15, 0.2) is 0 Å². The van der Waals surface area contributed by atoms with Crippen molar-refractivity contribution in [2.75, 3.05) is 7.05 Å². The number of aryl methyl sites for hydroxylation is 1. The number of nitrogens with zero attached hydrogens (tertiary/aromatic N) is 2. The lowest BCUT2D eigenvalue weighted by atomic mass is 9.77. The molecule has 1 saturated carbocycles. The van der Waals surface area contributed by atoms with Crippen LogP contribution in [0.3, 0.4) is 0 Å². The Bertz CT molecular complexity index is 356. The minimum Gasteiger partial charge on any atom is -0.312 e. The smallest absolute Gasteiger partial charge is 0.0801 e. The molecule has 1 atom stereocenters. The zero-order valence-electron chi connectivity index (χ0n) is 11.8. The molecule has 1 aliphatic rings. The molecule has 18 heavy (non-hydrogen) atoms. The summed E-state index contributed by atoms with van der Waals surface area (Å²) in [4.78, 5) is 1.37. The lowest BCUT2D eigenvalue weighted by molar-refractivity contribution is 0.225. The van der Waals surface area contributed by atoms with Gasteiger partial charge in [0, 0.05) is 6.04 Å². The van der Waals surface area contributed by atoms with E-state index < -0.39 is 0 Å². The molecule has 2 rings (SSSR count). The monoisotopic (exact) mass is 267 g/mol. The normalized spacial score (nSPS) is 26.2. The highest BCUT2D eigenvalue weighted by atomic mass is 32.1. The van der Waals surface area contributed by atoms with Crippen molar-refractivity contribution >= 4 is 11.5 Å². The van der Waals surface area contributed by atoms with Gasteiger partial charge in [-0.05, 0) is 49.7 Å². The van der Waals surface area contributed by atoms with Gasteiger partial charge in [0.05, 0.1) is 10.6 Å². The summed E-state index contributed by atoms with van der Waals surface area (Å²) >= 11 is 1.58. The van der Waals surface area contributed by atoms with Gasteiger partial charge < -0.3 is 5.32 Å². The highest BCUT2D eigenvalue weighted by Gasteiger charge is 2.29. The number of hydrogen-bond acceptors (Lipinski definition) is 4. The first-order chi connectivity index (χ1) is 8.80. The topological polar surface area (TPSA) is 37.8 Å². The third-order valence-corrected chi connectivity index (χ3v) is 5.30. The molecule has 1 N–H and O–H groups in total. The van der Waals surface area contributed by atoms with Crippen LogP contribution in [0, 0.1) is 11.8 Å². The van der Waals surface area contributed by atoms with Gasteiger partial charge in [0.1, 0.15) is 0 Å². The van der Waals surface area contributed by atoms with E-state index in [1.54, 1.807) is 11.5 Å². The molecule has 1 fully saturated rings. The van der Waals surface area contributed by atoms with Crippen LogP contribution in [-0.2, 0) is 6.42 Å². The third kappa shape index (κ3) is 2.91. The van der Waals surface area contributed by atoms with E-state index in [0.717, 1.165) is 18.3 Å². The van der Waals surface area contributed by atoms with Crippen LogP contribution in [0.15, 0.2) is 0 Å². The molecule has 0 saturated heterocycles. The summed E-state index contributed by atoms with van der Waals surface area (Å²) in [6.45, 7) is 4.49. The fourth-order valence-corrected chi connectivity index (χ4v) is 4.15. The first-order valence-corrected chi connectivity index (χ1v) is 8.05. The van der Waals surface area contributed by atoms with E-state index in [9.17, 15) is 0 Å². The number of aromatic nitrogens is 2. The average molecular weight is 267 g/mol. The van der Waals surface area contributed by atoms with Gasteiger partial charge in [0.25, 0.3) is 0 Å². The minimum atomic E-state index is 0.470. The maximum atomic E-state index is 4.26. The predicted octanol–water partition coefficient (Wildman–Crippen LogP) is 3.58. The Labute approximate surface area is 115 Å². The molecule has 1 unspecified atom stereocenters. The van der Waals surface area contributed by atoms with Crippen molar-refractivity contribution in [2.24, 2.45) is 11.8 Å². The Morgan fingerprint density at radius 3 is 2.56 bits per heavy atom. The Morgan fingerprint density at radius 1 is 1.28 bits per heavy atom. The van der Waals surface area contributed by atoms with E-state index in [0.29, 0.717) is 6.04 Å². The summed E-state index contributed by atoms with van der Waals surface area (Å²) in [6.07, 6.45) is 7.84. The molecule has 3 nitrogen and oxygen atoms in total. The average Bonchev–Trinajstić information content (AvgIpc) is 2.89. The van der Waals surface area contributed by atoms with E-state index in [-0.39, 0.29) is 0 Å². The molecular weight excluding hydrogens is 242 g/mol. The molecule has 1 aromatic rings. The SMILES string of the molecule is CCc1nnsc1C(NC)C1CCC(CC)CC1. The van der Waals surface area contributed by atoms with E-state index in [1.165, 1.54) is 42.7 Å². The van der Waals surface area contributed by atoms with Crippen LogP contribution in [0.2, 0.25) is 0 Å². The number of hydrogen-bond donors (Lipinski definition) is 1. The van der Waals surface area contributed by atoms with Gasteiger partial charge in [0.2, 0.25) is 0 Å². The molecular formula is C14H25N3S. The third-order valence-electron chi connectivity index (χ3n) is 4.45. The predicted molar refractivity (Wildman–Crippen MR) is 76.8 cm³/mol. The van der Waals surface area contributed by atoms with Crippen molar-refractivity contribution in [3.8, 4) is 0 Å². The van der Waals surface area contributed by atoms with Crippen LogP contribution in [-0.4, -0.2) is 16.6 Å². The molecule has 0 aromatic carbocycles. The Morgan fingerprint density at radius 2 is 2.00 bits per heavy atom. The Balaban J connectivity index is 2.05. The van der Waals surface area contributed by atoms with Gasteiger partial charge in [-0.25, -0.2) is 0 Å². The van der Waals surface area contributed by atoms with Crippen LogP contribution in [0.1, 0.15) is 62.6 Å². The largest absolute Gasteiger partial charge is 0.312 e. The van der Waals surface area contributed by atoms with Crippen LogP contribution < -0.4 is 5.32 Å². The van der Waals surface area contributed by atoms with Crippen LogP contribution >= 0.6 is 11.5 Å². The van der Waals surface area contributed by atoms with Crippen molar-refractivity contribution in [1.29, 1.82) is 0 Å². The molecule has 4 heteroatoms. The van der Waals surface area contributed by atoms with E-state index in [1.807, 2.05) is 0 Å². The lowest BCUT2D eigenvalue weighted by Gasteiger charge is -2.33. The second-order valence-corrected chi connectivity index (χ2v) is 6.18. The van der Waals surface area contributed by atoms with Crippen molar-refractivity contribution in [1.82, 2.24) is 14.9 Å². The van der Waals surface area contributed by atoms with Crippen LogP contribution in [0.4, 0.5) is 0 Å². The zero-order chi connectivity index (χ0) is 13.0. The second kappa shape index (κ2) is 6.62. The fraction of sp³-hybridized carbons (Fsp3) is 0.857. The van der Waals surface area contributed by atoms with Gasteiger partial charge in [-0.2, -0.15) is 0 Å². The summed E-state index contributed by atoms with van der Waals surface area (Å²) < 4.78 is 4.14. The fourth-order valence-electron chi connectivity index (χ4n) is 3.21. The summed E-state index contributed by atoms with van der Waals surface area (Å²) in [5.41, 5.74) is 1.19. The molecule has 1 aliphatic carbocycles. The quantitative estimate of drug-likeness (QED) is 0.886. The summed E-state index contributed by atoms with van der Waals surface area (Å²) in [5.74, 6) is 1.73. The first-order valence-electron chi connectivity index (χ1n) is 7.28. The van der Waals surface area contributed by atoms with Crippen molar-refractivity contribution in [3.05, 3.63) is 10.6 Å². The molecule has 0 spiro atoms. The van der Waals surface area contributed by atoms with E-state index in [4.69, 9.17) is 0 Å². The maximum absolute atomic E-state index is 4.26. The summed E-state index contributed by atoms with van der Waals surface area (Å²) in [7, 11) is 2.08. The van der Waals surface area contributed by atoms with Gasteiger partial charge in [-0.15, -0.1) is 5.10 Å². The van der Waals surface area contributed by atoms with Crippen LogP contribution in [0.5, 0.6) is 0 Å². The zero-order valence-corrected chi connectivity index (χ0v) is 12.6. The summed E-state index contributed by atoms with van der Waals surface area (Å²) in [5, 5.41) is 7.77. The maximum Gasteiger partial charge on any atom is 0.0801 e. The molecule has 1 heterocycles. The van der Waals surface area contributed by atoms with Gasteiger partial charge in [-0.1, -0.05) is 37.6 Å². The highest BCUT2D eigenvalue weighted by Crippen LogP contribution is 2.39. The Hall–Kier alpha value is -0.480. The van der Waals surface area contributed by atoms with Crippen molar-refractivity contribution < 1.29 is 0 Å². The number of nitrogens with one attached hydrogen (secondary N) is 1. The molecule has 1 aromatic heterocycles. The van der Waals surface area contributed by atoms with Crippen molar-refractivity contribution in [2.45, 2.75) is 58.4 Å². The first kappa shape index (κ1) is 13.9. The second-order valence-electron chi connectivity index (χ2n) is 5.39. The molecule has 0 radical (unpaired) electrons. The van der Waals surface area contributed by atoms with Gasteiger partial charge in [-0.3, -0.25) is 0 Å². The lowest BCUT2D eigenvalue weighted by Crippen LogP contribution is -2.28. The van der Waals surface area contributed by atoms with Crippen molar-refractivity contribution in [3.63, 3.8) is 0 Å². The summed E-state index contributed by atoms with van der Waals surface area (Å²) in [6, 6.07) is 0.470. The van der Waals surface area contributed by atoms with E-state index >= 15 is 0 Å². The molecule has 102 valence electrons. The molecule has 0 aliphatic heterocycles. The number of rotatable bonds is 5. The van der Waals surface area contributed by atoms with Crippen LogP contribution in [0.25, 0.3) is 0 Å². The van der Waals surface area contributed by atoms with Gasteiger partial charge >= 0.3 is 0 Å². The molecule has 0 amide bonds. The Kier molecular flexibility index (Phi) is 5.13. The minimum absolute atomic E-state index is 0.470. The molecule has 0 bridgehead atoms. The standard InChI is InChI=1S/C14H25N3S/c1-4-10-6-8-11(9-7-10)13(15-3)14-12(5-2)16-17-18-14/h10-11,13,15H,4-9H2,1-3H3. The highest BCUT2D eigenvalue weighted by molar-refractivity contribution is 7.05. The van der Waals surface area contributed by atoms with E-state index in [2.05, 4.69) is 35.8 Å².